The number of hydrogen-bond donors (Lipinski definition) is 0. The van der Waals surface area contributed by atoms with Crippen LogP contribution in [0.2, 0.25) is 0 Å². The zero-order valence-corrected chi connectivity index (χ0v) is 32.0. The van der Waals surface area contributed by atoms with Gasteiger partial charge in [-0.2, -0.15) is 10.5 Å². The van der Waals surface area contributed by atoms with Crippen molar-refractivity contribution >= 4 is 21.8 Å². The Kier molecular flexibility index (Phi) is 9.02. The molecule has 0 aliphatic carbocycles. The number of halogens is 1. The highest BCUT2D eigenvalue weighted by Crippen LogP contribution is 2.42. The first kappa shape index (κ1) is 35.9. The molecule has 0 spiro atoms. The summed E-state index contributed by atoms with van der Waals surface area (Å²) in [7, 11) is 0. The maximum Gasteiger partial charge on any atom is 0.164 e. The standard InChI is InChI=1S/C53H31FN6/c54-47-22-12-11-21-43(47)44-26-23-38(53-58-51(34-13-3-1-4-14-34)57-52(59-53)35-15-5-2-6-16-35)31-50(44)60-48-27-24-36(41-19-9-7-17-39(41)32-55)29-45(48)46-30-37(25-28-49(46)60)42-20-10-8-18-40(42)33-56/h1-31H. The molecule has 8 aromatic carbocycles. The highest BCUT2D eigenvalue weighted by atomic mass is 19.1. The summed E-state index contributed by atoms with van der Waals surface area (Å²) in [6.07, 6.45) is 0. The van der Waals surface area contributed by atoms with Crippen molar-refractivity contribution in [3.05, 3.63) is 205 Å². The van der Waals surface area contributed by atoms with Crippen LogP contribution in [0.15, 0.2) is 188 Å². The molecule has 7 heteroatoms. The minimum atomic E-state index is -0.351. The van der Waals surface area contributed by atoms with E-state index in [4.69, 9.17) is 15.0 Å². The second-order valence-corrected chi connectivity index (χ2v) is 14.4. The topological polar surface area (TPSA) is 91.2 Å². The van der Waals surface area contributed by atoms with Gasteiger partial charge in [0.05, 0.1) is 40.0 Å². The zero-order valence-electron chi connectivity index (χ0n) is 32.0. The van der Waals surface area contributed by atoms with E-state index < -0.39 is 0 Å². The Morgan fingerprint density at radius 1 is 0.383 bits per heavy atom. The van der Waals surface area contributed by atoms with Crippen LogP contribution in [0.25, 0.3) is 95.0 Å². The van der Waals surface area contributed by atoms with E-state index in [1.165, 1.54) is 6.07 Å². The van der Waals surface area contributed by atoms with Gasteiger partial charge >= 0.3 is 0 Å². The molecule has 280 valence electrons. The number of benzene rings is 8. The molecule has 0 atom stereocenters. The average molecular weight is 771 g/mol. The van der Waals surface area contributed by atoms with Crippen molar-refractivity contribution in [1.29, 1.82) is 10.5 Å². The number of hydrogen-bond acceptors (Lipinski definition) is 5. The predicted octanol–water partition coefficient (Wildman–Crippen LogP) is 12.9. The van der Waals surface area contributed by atoms with E-state index in [9.17, 15) is 10.5 Å². The summed E-state index contributed by atoms with van der Waals surface area (Å²) in [4.78, 5) is 15.0. The SMILES string of the molecule is N#Cc1ccccc1-c1ccc2c(c1)c1cc(-c3ccccc3C#N)ccc1n2-c1cc(-c2nc(-c3ccccc3)nc(-c3ccccc3)n2)ccc1-c1ccccc1F. The van der Waals surface area contributed by atoms with E-state index in [-0.39, 0.29) is 5.82 Å². The molecule has 0 aliphatic rings. The average Bonchev–Trinajstić information content (AvgIpc) is 3.64. The lowest BCUT2D eigenvalue weighted by atomic mass is 9.96. The number of aromatic nitrogens is 4. The van der Waals surface area contributed by atoms with Crippen molar-refractivity contribution in [3.63, 3.8) is 0 Å². The fourth-order valence-corrected chi connectivity index (χ4v) is 7.98. The molecule has 2 aromatic heterocycles. The van der Waals surface area contributed by atoms with Gasteiger partial charge in [-0.05, 0) is 70.8 Å². The van der Waals surface area contributed by atoms with Crippen molar-refractivity contribution in [1.82, 2.24) is 19.5 Å². The summed E-state index contributed by atoms with van der Waals surface area (Å²) in [5, 5.41) is 21.9. The van der Waals surface area contributed by atoms with Gasteiger partial charge in [-0.1, -0.05) is 140 Å². The monoisotopic (exact) mass is 770 g/mol. The fraction of sp³-hybridized carbons (Fsp3) is 0. The van der Waals surface area contributed by atoms with Crippen LogP contribution < -0.4 is 0 Å². The van der Waals surface area contributed by atoms with Gasteiger partial charge in [0, 0.05) is 38.6 Å². The summed E-state index contributed by atoms with van der Waals surface area (Å²) < 4.78 is 18.1. The summed E-state index contributed by atoms with van der Waals surface area (Å²) in [6.45, 7) is 0. The molecule has 0 radical (unpaired) electrons. The third-order valence-electron chi connectivity index (χ3n) is 10.8. The molecule has 6 nitrogen and oxygen atoms in total. The first-order valence-corrected chi connectivity index (χ1v) is 19.4. The Hall–Kier alpha value is -8.52. The minimum absolute atomic E-state index is 0.351. The largest absolute Gasteiger partial charge is 0.309 e. The lowest BCUT2D eigenvalue weighted by Gasteiger charge is -2.17. The van der Waals surface area contributed by atoms with Crippen LogP contribution in [0.1, 0.15) is 11.1 Å². The second-order valence-electron chi connectivity index (χ2n) is 14.4. The van der Waals surface area contributed by atoms with Crippen LogP contribution in [0, 0.1) is 28.5 Å². The van der Waals surface area contributed by atoms with E-state index in [1.54, 1.807) is 12.1 Å². The van der Waals surface area contributed by atoms with E-state index in [1.807, 2.05) is 146 Å². The molecule has 2 heterocycles. The molecule has 0 amide bonds. The van der Waals surface area contributed by atoms with Crippen molar-refractivity contribution < 1.29 is 4.39 Å². The molecule has 0 saturated carbocycles. The number of nitrogens with zero attached hydrogens (tertiary/aromatic N) is 6. The summed E-state index contributed by atoms with van der Waals surface area (Å²) in [6, 6.07) is 64.6. The lowest BCUT2D eigenvalue weighted by molar-refractivity contribution is 0.631. The fourth-order valence-electron chi connectivity index (χ4n) is 7.98. The Bertz CT molecular complexity index is 3190. The molecule has 0 N–H and O–H groups in total. The van der Waals surface area contributed by atoms with Gasteiger partial charge in [0.1, 0.15) is 5.82 Å². The van der Waals surface area contributed by atoms with Crippen LogP contribution in [0.5, 0.6) is 0 Å². The molecule has 0 unspecified atom stereocenters. The third-order valence-corrected chi connectivity index (χ3v) is 10.8. The first-order chi connectivity index (χ1) is 29.6. The lowest BCUT2D eigenvalue weighted by Crippen LogP contribution is -2.02. The zero-order chi connectivity index (χ0) is 40.6. The van der Waals surface area contributed by atoms with Crippen molar-refractivity contribution in [2.45, 2.75) is 0 Å². The smallest absolute Gasteiger partial charge is 0.164 e. The van der Waals surface area contributed by atoms with Crippen molar-refractivity contribution in [2.24, 2.45) is 0 Å². The Labute approximate surface area is 345 Å². The van der Waals surface area contributed by atoms with E-state index in [2.05, 4.69) is 41.0 Å². The summed E-state index contributed by atoms with van der Waals surface area (Å²) in [5.74, 6) is 1.18. The van der Waals surface area contributed by atoms with Crippen molar-refractivity contribution in [2.75, 3.05) is 0 Å². The third kappa shape index (κ3) is 6.34. The quantitative estimate of drug-likeness (QED) is 0.161. The first-order valence-electron chi connectivity index (χ1n) is 19.4. The van der Waals surface area contributed by atoms with Gasteiger partial charge in [-0.15, -0.1) is 0 Å². The van der Waals surface area contributed by atoms with Crippen LogP contribution >= 0.6 is 0 Å². The summed E-state index contributed by atoms with van der Waals surface area (Å²) in [5.41, 5.74) is 10.6. The number of nitriles is 2. The molecule has 0 aliphatic heterocycles. The maximum absolute atomic E-state index is 16.0. The van der Waals surface area contributed by atoms with Gasteiger partial charge in [-0.25, -0.2) is 19.3 Å². The molecular formula is C53H31FN6. The second kappa shape index (κ2) is 15.1. The van der Waals surface area contributed by atoms with Crippen LogP contribution in [0.3, 0.4) is 0 Å². The molecule has 10 aromatic rings. The van der Waals surface area contributed by atoms with E-state index in [0.29, 0.717) is 39.7 Å². The predicted molar refractivity (Wildman–Crippen MR) is 236 cm³/mol. The Morgan fingerprint density at radius 3 is 1.32 bits per heavy atom. The highest BCUT2D eigenvalue weighted by molar-refractivity contribution is 6.12. The van der Waals surface area contributed by atoms with E-state index >= 15 is 4.39 Å². The van der Waals surface area contributed by atoms with Gasteiger partial charge in [0.15, 0.2) is 17.5 Å². The molecule has 0 fully saturated rings. The van der Waals surface area contributed by atoms with Crippen LogP contribution in [0.4, 0.5) is 4.39 Å². The molecule has 0 bridgehead atoms. The van der Waals surface area contributed by atoms with Gasteiger partial charge in [0.25, 0.3) is 0 Å². The number of fused-ring (bicyclic) bond motifs is 3. The Balaban J connectivity index is 1.27. The van der Waals surface area contributed by atoms with Gasteiger partial charge in [-0.3, -0.25) is 0 Å². The van der Waals surface area contributed by atoms with Crippen LogP contribution in [-0.2, 0) is 0 Å². The number of rotatable bonds is 7. The van der Waals surface area contributed by atoms with E-state index in [0.717, 1.165) is 66.4 Å². The van der Waals surface area contributed by atoms with Gasteiger partial charge < -0.3 is 4.57 Å². The van der Waals surface area contributed by atoms with Crippen molar-refractivity contribution in [3.8, 4) is 85.4 Å². The molecule has 0 saturated heterocycles. The normalized spacial score (nSPS) is 11.1. The Morgan fingerprint density at radius 2 is 0.817 bits per heavy atom. The minimum Gasteiger partial charge on any atom is -0.309 e. The van der Waals surface area contributed by atoms with Crippen LogP contribution in [-0.4, -0.2) is 19.5 Å². The molecule has 60 heavy (non-hydrogen) atoms. The highest BCUT2D eigenvalue weighted by Gasteiger charge is 2.22. The molecule has 10 rings (SSSR count). The maximum atomic E-state index is 16.0. The summed E-state index contributed by atoms with van der Waals surface area (Å²) >= 11 is 0. The molecular weight excluding hydrogens is 740 g/mol. The van der Waals surface area contributed by atoms with Gasteiger partial charge in [0.2, 0.25) is 0 Å².